The van der Waals surface area contributed by atoms with Crippen LogP contribution < -0.4 is 0 Å². The molecule has 0 fully saturated rings. The Labute approximate surface area is 115 Å². The van der Waals surface area contributed by atoms with Crippen molar-refractivity contribution in [2.45, 2.75) is 20.3 Å². The predicted molar refractivity (Wildman–Crippen MR) is 72.3 cm³/mol. The molecule has 96 valence electrons. The molecule has 19 heavy (non-hydrogen) atoms. The number of hydrogen-bond donors (Lipinski definition) is 0. The van der Waals surface area contributed by atoms with E-state index in [1.807, 2.05) is 26.0 Å². The Hall–Kier alpha value is -2.01. The lowest BCUT2D eigenvalue weighted by atomic mass is 10.2. The Morgan fingerprint density at radius 1 is 1.11 bits per heavy atom. The number of nitrogens with zero attached hydrogens (tertiary/aromatic N) is 5. The number of aromatic nitrogens is 5. The minimum atomic E-state index is 0.487. The molecule has 0 amide bonds. The van der Waals surface area contributed by atoms with Gasteiger partial charge < -0.3 is 0 Å². The highest BCUT2D eigenvalue weighted by Gasteiger charge is 2.13. The van der Waals surface area contributed by atoms with Crippen LogP contribution in [0.3, 0.4) is 0 Å². The Balaban J connectivity index is 2.11. The van der Waals surface area contributed by atoms with Gasteiger partial charge in [0, 0.05) is 24.4 Å². The maximum atomic E-state index is 6.13. The lowest BCUT2D eigenvalue weighted by Crippen LogP contribution is -2.03. The predicted octanol–water partition coefficient (Wildman–Crippen LogP) is 2.38. The van der Waals surface area contributed by atoms with Gasteiger partial charge in [0.15, 0.2) is 16.6 Å². The summed E-state index contributed by atoms with van der Waals surface area (Å²) in [5, 5.41) is 13.2. The van der Waals surface area contributed by atoms with Crippen LogP contribution in [-0.2, 0) is 6.42 Å². The first kappa shape index (κ1) is 12.0. The molecular formula is C13H12ClN5. The van der Waals surface area contributed by atoms with Gasteiger partial charge in [0.05, 0.1) is 0 Å². The Morgan fingerprint density at radius 2 is 1.84 bits per heavy atom. The van der Waals surface area contributed by atoms with Crippen LogP contribution in [0.25, 0.3) is 5.65 Å². The monoisotopic (exact) mass is 273 g/mol. The number of aryl methyl sites for hydroxylation is 1. The molecule has 0 N–H and O–H groups in total. The molecule has 0 radical (unpaired) electrons. The molecule has 0 spiro atoms. The third-order valence-corrected chi connectivity index (χ3v) is 3.57. The van der Waals surface area contributed by atoms with E-state index in [4.69, 9.17) is 11.6 Å². The lowest BCUT2D eigenvalue weighted by molar-refractivity contribution is 0.830. The summed E-state index contributed by atoms with van der Waals surface area (Å²) >= 11 is 6.13. The van der Waals surface area contributed by atoms with Crippen LogP contribution in [0.5, 0.6) is 0 Å². The van der Waals surface area contributed by atoms with Crippen molar-refractivity contribution >= 4 is 17.2 Å². The molecule has 0 atom stereocenters. The first-order valence-electron chi connectivity index (χ1n) is 5.92. The summed E-state index contributed by atoms with van der Waals surface area (Å²) in [6.45, 7) is 3.91. The lowest BCUT2D eigenvalue weighted by Gasteiger charge is -2.05. The maximum absolute atomic E-state index is 6.13. The van der Waals surface area contributed by atoms with Gasteiger partial charge in [0.1, 0.15) is 0 Å². The van der Waals surface area contributed by atoms with Crippen molar-refractivity contribution in [3.8, 4) is 0 Å². The zero-order valence-electron chi connectivity index (χ0n) is 10.6. The van der Waals surface area contributed by atoms with Gasteiger partial charge in [-0.25, -0.2) is 0 Å². The van der Waals surface area contributed by atoms with Crippen molar-refractivity contribution in [3.63, 3.8) is 0 Å². The zero-order valence-corrected chi connectivity index (χ0v) is 11.4. The number of halogens is 1. The van der Waals surface area contributed by atoms with Crippen LogP contribution in [0.15, 0.2) is 24.5 Å². The largest absolute Gasteiger partial charge is 0.265 e. The van der Waals surface area contributed by atoms with Gasteiger partial charge in [0.2, 0.25) is 0 Å². The highest BCUT2D eigenvalue weighted by Crippen LogP contribution is 2.20. The summed E-state index contributed by atoms with van der Waals surface area (Å²) in [7, 11) is 0. The van der Waals surface area contributed by atoms with E-state index >= 15 is 0 Å². The Bertz CT molecular complexity index is 736. The fourth-order valence-electron chi connectivity index (χ4n) is 1.93. The summed E-state index contributed by atoms with van der Waals surface area (Å²) < 4.78 is 1.71. The summed E-state index contributed by atoms with van der Waals surface area (Å²) in [5.74, 6) is 0.770. The van der Waals surface area contributed by atoms with Gasteiger partial charge in [-0.3, -0.25) is 4.98 Å². The molecule has 5 nitrogen and oxygen atoms in total. The second-order valence-electron chi connectivity index (χ2n) is 4.42. The molecule has 3 heterocycles. The number of rotatable bonds is 2. The van der Waals surface area contributed by atoms with E-state index in [9.17, 15) is 0 Å². The first-order chi connectivity index (χ1) is 9.16. The highest BCUT2D eigenvalue weighted by molar-refractivity contribution is 6.30. The van der Waals surface area contributed by atoms with Gasteiger partial charge in [-0.15, -0.1) is 10.2 Å². The van der Waals surface area contributed by atoms with E-state index < -0.39 is 0 Å². The van der Waals surface area contributed by atoms with E-state index in [2.05, 4.69) is 20.3 Å². The Kier molecular flexibility index (Phi) is 2.91. The zero-order chi connectivity index (χ0) is 13.4. The van der Waals surface area contributed by atoms with Crippen LogP contribution in [0.2, 0.25) is 5.15 Å². The molecule has 0 aliphatic heterocycles. The van der Waals surface area contributed by atoms with E-state index in [0.29, 0.717) is 11.6 Å². The van der Waals surface area contributed by atoms with Crippen molar-refractivity contribution in [2.75, 3.05) is 0 Å². The van der Waals surface area contributed by atoms with Gasteiger partial charge in [-0.2, -0.15) is 9.61 Å². The average Bonchev–Trinajstić information content (AvgIpc) is 2.81. The van der Waals surface area contributed by atoms with Crippen molar-refractivity contribution in [2.24, 2.45) is 0 Å². The first-order valence-corrected chi connectivity index (χ1v) is 6.30. The van der Waals surface area contributed by atoms with E-state index in [1.165, 1.54) is 0 Å². The standard InChI is InChI=1S/C13H12ClN5/c1-8-9(2)13-17-16-11(19(13)18-12(8)14)7-10-3-5-15-6-4-10/h3-6H,7H2,1-2H3. The fraction of sp³-hybridized carbons (Fsp3) is 0.231. The van der Waals surface area contributed by atoms with E-state index in [1.54, 1.807) is 16.9 Å². The quantitative estimate of drug-likeness (QED) is 0.719. The van der Waals surface area contributed by atoms with Crippen molar-refractivity contribution in [1.29, 1.82) is 0 Å². The van der Waals surface area contributed by atoms with Crippen molar-refractivity contribution in [3.05, 3.63) is 52.2 Å². The van der Waals surface area contributed by atoms with E-state index in [-0.39, 0.29) is 0 Å². The van der Waals surface area contributed by atoms with Gasteiger partial charge in [-0.05, 0) is 37.1 Å². The molecule has 0 saturated carbocycles. The highest BCUT2D eigenvalue weighted by atomic mass is 35.5. The smallest absolute Gasteiger partial charge is 0.181 e. The number of fused-ring (bicyclic) bond motifs is 1. The van der Waals surface area contributed by atoms with Gasteiger partial charge in [-0.1, -0.05) is 11.6 Å². The Morgan fingerprint density at radius 3 is 2.58 bits per heavy atom. The molecule has 0 aliphatic carbocycles. The molecule has 3 aromatic heterocycles. The topological polar surface area (TPSA) is 56.0 Å². The normalized spacial score (nSPS) is 11.1. The number of pyridine rings is 1. The van der Waals surface area contributed by atoms with Crippen LogP contribution in [0, 0.1) is 13.8 Å². The molecule has 0 saturated heterocycles. The third-order valence-electron chi connectivity index (χ3n) is 3.21. The molecule has 0 aromatic carbocycles. The van der Waals surface area contributed by atoms with E-state index in [0.717, 1.165) is 28.2 Å². The van der Waals surface area contributed by atoms with Crippen molar-refractivity contribution < 1.29 is 0 Å². The molecule has 0 bridgehead atoms. The molecule has 3 aromatic rings. The minimum Gasteiger partial charge on any atom is -0.265 e. The molecular weight excluding hydrogens is 262 g/mol. The van der Waals surface area contributed by atoms with Crippen LogP contribution in [-0.4, -0.2) is 24.8 Å². The molecule has 6 heteroatoms. The summed E-state index contributed by atoms with van der Waals surface area (Å²) in [4.78, 5) is 4.00. The number of hydrogen-bond acceptors (Lipinski definition) is 4. The SMILES string of the molecule is Cc1c(Cl)nn2c(Cc3ccncc3)nnc2c1C. The third kappa shape index (κ3) is 2.06. The van der Waals surface area contributed by atoms with Crippen LogP contribution in [0.4, 0.5) is 0 Å². The average molecular weight is 274 g/mol. The van der Waals surface area contributed by atoms with Gasteiger partial charge in [0.25, 0.3) is 0 Å². The maximum Gasteiger partial charge on any atom is 0.181 e. The van der Waals surface area contributed by atoms with Gasteiger partial charge >= 0.3 is 0 Å². The summed E-state index contributed by atoms with van der Waals surface area (Å²) in [6.07, 6.45) is 4.16. The second-order valence-corrected chi connectivity index (χ2v) is 4.78. The van der Waals surface area contributed by atoms with Crippen molar-refractivity contribution in [1.82, 2.24) is 24.8 Å². The molecule has 0 aliphatic rings. The van der Waals surface area contributed by atoms with Crippen LogP contribution >= 0.6 is 11.6 Å². The summed E-state index contributed by atoms with van der Waals surface area (Å²) in [5.41, 5.74) is 3.82. The minimum absolute atomic E-state index is 0.487. The molecule has 0 unspecified atom stereocenters. The second kappa shape index (κ2) is 4.59. The van der Waals surface area contributed by atoms with Crippen LogP contribution in [0.1, 0.15) is 22.5 Å². The molecule has 3 rings (SSSR count). The summed E-state index contributed by atoms with van der Waals surface area (Å²) in [6, 6.07) is 3.90. The fourth-order valence-corrected chi connectivity index (χ4v) is 2.15.